The normalized spacial score (nSPS) is 10.9. The molecule has 1 aromatic heterocycles. The first-order valence-electron chi connectivity index (χ1n) is 7.06. The molecule has 3 nitrogen and oxygen atoms in total. The molecule has 0 radical (unpaired) electrons. The molecule has 2 rings (SSSR count). The van der Waals surface area contributed by atoms with Crippen molar-refractivity contribution >= 4 is 27.3 Å². The molecule has 0 aliphatic heterocycles. The minimum absolute atomic E-state index is 0.0725. The number of amides is 1. The SMILES string of the molecule is CCN(CC)C(=O)COCCc1ccc2sccc2c1. The molecule has 0 N–H and O–H groups in total. The van der Waals surface area contributed by atoms with E-state index in [1.165, 1.54) is 15.6 Å². The van der Waals surface area contributed by atoms with Crippen molar-refractivity contribution in [2.75, 3.05) is 26.3 Å². The Morgan fingerprint density at radius 2 is 2.05 bits per heavy atom. The third kappa shape index (κ3) is 3.81. The Morgan fingerprint density at radius 3 is 2.80 bits per heavy atom. The van der Waals surface area contributed by atoms with Crippen molar-refractivity contribution in [3.63, 3.8) is 0 Å². The van der Waals surface area contributed by atoms with Gasteiger partial charge in [0.1, 0.15) is 6.61 Å². The number of ether oxygens (including phenoxy) is 1. The smallest absolute Gasteiger partial charge is 0.248 e. The molecule has 0 saturated heterocycles. The molecule has 0 bridgehead atoms. The van der Waals surface area contributed by atoms with E-state index in [0.717, 1.165) is 19.5 Å². The van der Waals surface area contributed by atoms with Crippen LogP contribution in [0.2, 0.25) is 0 Å². The van der Waals surface area contributed by atoms with Crippen LogP contribution in [-0.2, 0) is 16.0 Å². The minimum Gasteiger partial charge on any atom is -0.371 e. The number of carbonyl (C=O) groups is 1. The highest BCUT2D eigenvalue weighted by atomic mass is 32.1. The highest BCUT2D eigenvalue weighted by Crippen LogP contribution is 2.21. The summed E-state index contributed by atoms with van der Waals surface area (Å²) in [4.78, 5) is 13.5. The van der Waals surface area contributed by atoms with Gasteiger partial charge in [-0.3, -0.25) is 4.79 Å². The number of benzene rings is 1. The van der Waals surface area contributed by atoms with Crippen molar-refractivity contribution in [2.24, 2.45) is 0 Å². The van der Waals surface area contributed by atoms with Gasteiger partial charge >= 0.3 is 0 Å². The molecule has 108 valence electrons. The largest absolute Gasteiger partial charge is 0.371 e. The Bertz CT molecular complexity index is 560. The summed E-state index contributed by atoms with van der Waals surface area (Å²) in [6.07, 6.45) is 0.845. The van der Waals surface area contributed by atoms with Crippen molar-refractivity contribution in [2.45, 2.75) is 20.3 Å². The lowest BCUT2D eigenvalue weighted by molar-refractivity contribution is -0.135. The third-order valence-corrected chi connectivity index (χ3v) is 4.29. The Kier molecular flexibility index (Phi) is 5.56. The van der Waals surface area contributed by atoms with Gasteiger partial charge in [-0.25, -0.2) is 0 Å². The molecular formula is C16H21NO2S. The van der Waals surface area contributed by atoms with E-state index in [1.807, 2.05) is 13.8 Å². The van der Waals surface area contributed by atoms with E-state index < -0.39 is 0 Å². The van der Waals surface area contributed by atoms with E-state index in [4.69, 9.17) is 4.74 Å². The zero-order valence-corrected chi connectivity index (χ0v) is 12.9. The van der Waals surface area contributed by atoms with Crippen molar-refractivity contribution in [3.8, 4) is 0 Å². The number of thiophene rings is 1. The molecule has 1 heterocycles. The standard InChI is InChI=1S/C16H21NO2S/c1-3-17(4-2)16(18)12-19-9-7-13-5-6-15-14(11-13)8-10-20-15/h5-6,8,10-11H,3-4,7,9,12H2,1-2H3. The first kappa shape index (κ1) is 15.0. The molecule has 1 aromatic carbocycles. The van der Waals surface area contributed by atoms with Crippen LogP contribution < -0.4 is 0 Å². The molecule has 0 spiro atoms. The maximum atomic E-state index is 11.8. The van der Waals surface area contributed by atoms with Crippen molar-refractivity contribution in [3.05, 3.63) is 35.2 Å². The maximum absolute atomic E-state index is 11.8. The van der Waals surface area contributed by atoms with Gasteiger partial charge in [0.25, 0.3) is 0 Å². The predicted octanol–water partition coefficient (Wildman–Crippen LogP) is 3.33. The maximum Gasteiger partial charge on any atom is 0.248 e. The van der Waals surface area contributed by atoms with Gasteiger partial charge in [0.2, 0.25) is 5.91 Å². The molecule has 4 heteroatoms. The summed E-state index contributed by atoms with van der Waals surface area (Å²) in [7, 11) is 0. The highest BCUT2D eigenvalue weighted by Gasteiger charge is 2.08. The molecule has 0 aliphatic rings. The summed E-state index contributed by atoms with van der Waals surface area (Å²) in [6, 6.07) is 8.61. The first-order valence-corrected chi connectivity index (χ1v) is 7.94. The second-order valence-corrected chi connectivity index (χ2v) is 5.61. The number of rotatable bonds is 7. The summed E-state index contributed by atoms with van der Waals surface area (Å²) in [5.41, 5.74) is 1.26. The molecule has 20 heavy (non-hydrogen) atoms. The van der Waals surface area contributed by atoms with E-state index >= 15 is 0 Å². The fourth-order valence-electron chi connectivity index (χ4n) is 2.19. The summed E-state index contributed by atoms with van der Waals surface area (Å²) in [5.74, 6) is 0.0725. The van der Waals surface area contributed by atoms with Gasteiger partial charge in [0, 0.05) is 17.8 Å². The summed E-state index contributed by atoms with van der Waals surface area (Å²) in [5, 5.41) is 3.39. The van der Waals surface area contributed by atoms with E-state index in [1.54, 1.807) is 16.2 Å². The zero-order valence-electron chi connectivity index (χ0n) is 12.1. The summed E-state index contributed by atoms with van der Waals surface area (Å²) in [6.45, 7) is 6.22. The fraction of sp³-hybridized carbons (Fsp3) is 0.438. The van der Waals surface area contributed by atoms with Gasteiger partial charge in [-0.1, -0.05) is 12.1 Å². The van der Waals surface area contributed by atoms with Crippen molar-refractivity contribution < 1.29 is 9.53 Å². The molecule has 0 aliphatic carbocycles. The van der Waals surface area contributed by atoms with Gasteiger partial charge in [-0.2, -0.15) is 0 Å². The molecule has 2 aromatic rings. The van der Waals surface area contributed by atoms with E-state index in [9.17, 15) is 4.79 Å². The van der Waals surface area contributed by atoms with Gasteiger partial charge in [0.05, 0.1) is 6.61 Å². The fourth-order valence-corrected chi connectivity index (χ4v) is 2.96. The second-order valence-electron chi connectivity index (χ2n) is 4.66. The zero-order chi connectivity index (χ0) is 14.4. The Morgan fingerprint density at radius 1 is 1.25 bits per heavy atom. The number of hydrogen-bond donors (Lipinski definition) is 0. The molecular weight excluding hydrogens is 270 g/mol. The Labute approximate surface area is 124 Å². The van der Waals surface area contributed by atoms with Crippen LogP contribution in [0.1, 0.15) is 19.4 Å². The summed E-state index contributed by atoms with van der Waals surface area (Å²) < 4.78 is 6.80. The molecule has 1 amide bonds. The van der Waals surface area contributed by atoms with Crippen LogP contribution in [0.15, 0.2) is 29.6 Å². The van der Waals surface area contributed by atoms with Crippen LogP contribution >= 0.6 is 11.3 Å². The molecule has 0 fully saturated rings. The average molecular weight is 291 g/mol. The van der Waals surface area contributed by atoms with Crippen LogP contribution in [0, 0.1) is 0 Å². The van der Waals surface area contributed by atoms with Crippen LogP contribution in [-0.4, -0.2) is 37.1 Å². The number of fused-ring (bicyclic) bond motifs is 1. The number of hydrogen-bond acceptors (Lipinski definition) is 3. The lowest BCUT2D eigenvalue weighted by Crippen LogP contribution is -2.33. The van der Waals surface area contributed by atoms with Gasteiger partial charge in [0.15, 0.2) is 0 Å². The van der Waals surface area contributed by atoms with Crippen LogP contribution in [0.25, 0.3) is 10.1 Å². The van der Waals surface area contributed by atoms with Crippen LogP contribution in [0.4, 0.5) is 0 Å². The topological polar surface area (TPSA) is 29.5 Å². The number of carbonyl (C=O) groups excluding carboxylic acids is 1. The van der Waals surface area contributed by atoms with Gasteiger partial charge in [-0.05, 0) is 48.7 Å². The lowest BCUT2D eigenvalue weighted by atomic mass is 10.1. The number of likely N-dealkylation sites (N-methyl/N-ethyl adjacent to an activating group) is 1. The average Bonchev–Trinajstić information content (AvgIpc) is 2.92. The second kappa shape index (κ2) is 7.41. The van der Waals surface area contributed by atoms with E-state index in [0.29, 0.717) is 6.61 Å². The van der Waals surface area contributed by atoms with Gasteiger partial charge in [-0.15, -0.1) is 11.3 Å². The van der Waals surface area contributed by atoms with Crippen LogP contribution in [0.3, 0.4) is 0 Å². The summed E-state index contributed by atoms with van der Waals surface area (Å²) >= 11 is 1.76. The Balaban J connectivity index is 1.76. The molecule has 0 unspecified atom stereocenters. The minimum atomic E-state index is 0.0725. The molecule has 0 saturated carbocycles. The monoisotopic (exact) mass is 291 g/mol. The predicted molar refractivity (Wildman–Crippen MR) is 84.3 cm³/mol. The quantitative estimate of drug-likeness (QED) is 0.732. The van der Waals surface area contributed by atoms with Crippen LogP contribution in [0.5, 0.6) is 0 Å². The highest BCUT2D eigenvalue weighted by molar-refractivity contribution is 7.17. The number of nitrogens with zero attached hydrogens (tertiary/aromatic N) is 1. The Hall–Kier alpha value is -1.39. The van der Waals surface area contributed by atoms with E-state index in [-0.39, 0.29) is 12.5 Å². The lowest BCUT2D eigenvalue weighted by Gasteiger charge is -2.18. The van der Waals surface area contributed by atoms with Crippen molar-refractivity contribution in [1.29, 1.82) is 0 Å². The molecule has 0 atom stereocenters. The van der Waals surface area contributed by atoms with Gasteiger partial charge < -0.3 is 9.64 Å². The third-order valence-electron chi connectivity index (χ3n) is 3.39. The first-order chi connectivity index (χ1) is 9.74. The van der Waals surface area contributed by atoms with E-state index in [2.05, 4.69) is 29.6 Å². The van der Waals surface area contributed by atoms with Crippen molar-refractivity contribution in [1.82, 2.24) is 4.90 Å².